The number of aromatic hydroxyl groups is 1. The van der Waals surface area contributed by atoms with Crippen LogP contribution in [0.3, 0.4) is 0 Å². The zero-order valence-electron chi connectivity index (χ0n) is 10.1. The van der Waals surface area contributed by atoms with E-state index in [1.165, 1.54) is 25.0 Å². The van der Waals surface area contributed by atoms with E-state index in [1.54, 1.807) is 16.7 Å². The number of hydrogen-bond acceptors (Lipinski definition) is 3. The average Bonchev–Trinajstić information content (AvgIpc) is 2.70. The summed E-state index contributed by atoms with van der Waals surface area (Å²) in [6, 6.07) is 5.24. The van der Waals surface area contributed by atoms with Crippen molar-refractivity contribution in [2.24, 2.45) is 0 Å². The van der Waals surface area contributed by atoms with Gasteiger partial charge in [-0.25, -0.2) is 4.79 Å². The fourth-order valence-corrected chi connectivity index (χ4v) is 3.79. The molecule has 96 valence electrons. The highest BCUT2D eigenvalue weighted by Crippen LogP contribution is 2.27. The minimum Gasteiger partial charge on any atom is -0.506 e. The van der Waals surface area contributed by atoms with Crippen molar-refractivity contribution in [3.05, 3.63) is 28.7 Å². The van der Waals surface area contributed by atoms with Crippen molar-refractivity contribution in [3.8, 4) is 5.75 Å². The van der Waals surface area contributed by atoms with Crippen LogP contribution in [-0.4, -0.2) is 25.7 Å². The van der Waals surface area contributed by atoms with Crippen LogP contribution in [0.25, 0.3) is 11.0 Å². The molecular weight excluding hydrogens is 248 g/mol. The van der Waals surface area contributed by atoms with Gasteiger partial charge in [0.1, 0.15) is 11.3 Å². The van der Waals surface area contributed by atoms with Gasteiger partial charge in [0, 0.05) is 11.8 Å². The average molecular weight is 264 g/mol. The number of nitrogens with one attached hydrogen (secondary N) is 1. The second kappa shape index (κ2) is 4.72. The quantitative estimate of drug-likeness (QED) is 0.875. The first-order valence-electron chi connectivity index (χ1n) is 6.28. The topological polar surface area (TPSA) is 58.0 Å². The highest BCUT2D eigenvalue weighted by molar-refractivity contribution is 7.99. The van der Waals surface area contributed by atoms with Crippen LogP contribution in [0.5, 0.6) is 5.75 Å². The number of aromatic nitrogens is 2. The smallest absolute Gasteiger partial charge is 0.326 e. The van der Waals surface area contributed by atoms with Gasteiger partial charge in [0.2, 0.25) is 0 Å². The summed E-state index contributed by atoms with van der Waals surface area (Å²) in [6.07, 6.45) is 3.70. The number of rotatable bonds is 2. The number of benzene rings is 1. The minimum atomic E-state index is -0.127. The molecule has 1 fully saturated rings. The molecule has 0 spiro atoms. The van der Waals surface area contributed by atoms with E-state index >= 15 is 0 Å². The first-order valence-corrected chi connectivity index (χ1v) is 7.32. The number of imidazole rings is 1. The lowest BCUT2D eigenvalue weighted by atomic mass is 10.2. The van der Waals surface area contributed by atoms with Crippen molar-refractivity contribution in [1.29, 1.82) is 0 Å². The summed E-state index contributed by atoms with van der Waals surface area (Å²) in [5.41, 5.74) is 1.21. The summed E-state index contributed by atoms with van der Waals surface area (Å²) in [7, 11) is 0. The van der Waals surface area contributed by atoms with Gasteiger partial charge in [0.25, 0.3) is 0 Å². The van der Waals surface area contributed by atoms with Crippen LogP contribution >= 0.6 is 11.8 Å². The molecule has 2 aromatic rings. The molecular formula is C13H16N2O2S. The van der Waals surface area contributed by atoms with Gasteiger partial charge >= 0.3 is 5.69 Å². The number of thioether (sulfide) groups is 1. The van der Waals surface area contributed by atoms with E-state index < -0.39 is 0 Å². The largest absolute Gasteiger partial charge is 0.506 e. The van der Waals surface area contributed by atoms with Crippen molar-refractivity contribution in [3.63, 3.8) is 0 Å². The molecule has 4 nitrogen and oxygen atoms in total. The molecule has 1 aliphatic heterocycles. The van der Waals surface area contributed by atoms with Crippen molar-refractivity contribution in [2.45, 2.75) is 31.1 Å². The third-order valence-electron chi connectivity index (χ3n) is 3.45. The van der Waals surface area contributed by atoms with Crippen LogP contribution in [0, 0.1) is 0 Å². The Morgan fingerprint density at radius 1 is 1.44 bits per heavy atom. The predicted octanol–water partition coefficient (Wildman–Crippen LogP) is 2.32. The van der Waals surface area contributed by atoms with Crippen molar-refractivity contribution >= 4 is 22.8 Å². The minimum absolute atomic E-state index is 0.127. The summed E-state index contributed by atoms with van der Waals surface area (Å²) in [4.78, 5) is 14.7. The van der Waals surface area contributed by atoms with Gasteiger partial charge in [-0.2, -0.15) is 11.8 Å². The second-order valence-corrected chi connectivity index (χ2v) is 6.11. The molecule has 1 atom stereocenters. The van der Waals surface area contributed by atoms with Crippen LogP contribution in [0.1, 0.15) is 19.3 Å². The summed E-state index contributed by atoms with van der Waals surface area (Å²) < 4.78 is 1.75. The number of H-pyrrole nitrogens is 1. The molecule has 0 amide bonds. The molecule has 0 radical (unpaired) electrons. The molecule has 2 heterocycles. The normalized spacial score (nSPS) is 20.3. The maximum atomic E-state index is 12.0. The molecule has 1 aromatic carbocycles. The Bertz CT molecular complexity index is 611. The number of phenolic OH excluding ortho intramolecular Hbond substituents is 1. The lowest BCUT2D eigenvalue weighted by molar-refractivity contribution is 0.480. The Balaban J connectivity index is 1.98. The standard InChI is InChI=1S/C13H16N2O2S/c16-11-6-3-5-10-12(11)14-13(17)15(10)8-9-4-1-2-7-18-9/h3,5-6,9,16H,1-2,4,7-8H2,(H,14,17). The van der Waals surface area contributed by atoms with Crippen molar-refractivity contribution in [2.75, 3.05) is 5.75 Å². The zero-order valence-corrected chi connectivity index (χ0v) is 10.9. The molecule has 0 aliphatic carbocycles. The summed E-state index contributed by atoms with van der Waals surface area (Å²) in [5.74, 6) is 1.33. The van der Waals surface area contributed by atoms with Crippen LogP contribution in [0.15, 0.2) is 23.0 Å². The first kappa shape index (κ1) is 11.7. The molecule has 0 bridgehead atoms. The number of hydrogen-bond donors (Lipinski definition) is 2. The van der Waals surface area contributed by atoms with Crippen LogP contribution in [0.2, 0.25) is 0 Å². The predicted molar refractivity (Wildman–Crippen MR) is 74.3 cm³/mol. The Morgan fingerprint density at radius 3 is 3.11 bits per heavy atom. The summed E-state index contributed by atoms with van der Waals surface area (Å²) in [6.45, 7) is 0.729. The first-order chi connectivity index (χ1) is 8.75. The van der Waals surface area contributed by atoms with Gasteiger partial charge in [-0.15, -0.1) is 0 Å². The molecule has 18 heavy (non-hydrogen) atoms. The molecule has 1 unspecified atom stereocenters. The van der Waals surface area contributed by atoms with E-state index in [0.29, 0.717) is 10.8 Å². The Kier molecular flexibility index (Phi) is 3.07. The lowest BCUT2D eigenvalue weighted by Gasteiger charge is -2.21. The third kappa shape index (κ3) is 2.03. The van der Waals surface area contributed by atoms with E-state index in [4.69, 9.17) is 0 Å². The SMILES string of the molecule is O=c1[nH]c2c(O)cccc2n1CC1CCCCS1. The van der Waals surface area contributed by atoms with Crippen molar-refractivity contribution in [1.82, 2.24) is 9.55 Å². The molecule has 5 heteroatoms. The Labute approximate surface area is 109 Å². The Morgan fingerprint density at radius 2 is 2.33 bits per heavy atom. The van der Waals surface area contributed by atoms with E-state index in [-0.39, 0.29) is 11.4 Å². The lowest BCUT2D eigenvalue weighted by Crippen LogP contribution is -2.24. The zero-order chi connectivity index (χ0) is 12.5. The maximum absolute atomic E-state index is 12.0. The van der Waals surface area contributed by atoms with Gasteiger partial charge in [-0.3, -0.25) is 4.57 Å². The van der Waals surface area contributed by atoms with E-state index in [1.807, 2.05) is 17.8 Å². The van der Waals surface area contributed by atoms with Gasteiger partial charge in [0.05, 0.1) is 5.52 Å². The number of aromatic amines is 1. The van der Waals surface area contributed by atoms with Gasteiger partial charge in [-0.1, -0.05) is 12.5 Å². The van der Waals surface area contributed by atoms with E-state index in [0.717, 1.165) is 12.1 Å². The highest BCUT2D eigenvalue weighted by Gasteiger charge is 2.17. The van der Waals surface area contributed by atoms with Crippen LogP contribution < -0.4 is 5.69 Å². The molecule has 3 rings (SSSR count). The van der Waals surface area contributed by atoms with Crippen LogP contribution in [-0.2, 0) is 6.54 Å². The highest BCUT2D eigenvalue weighted by atomic mass is 32.2. The molecule has 1 saturated heterocycles. The van der Waals surface area contributed by atoms with Gasteiger partial charge in [-0.05, 0) is 30.7 Å². The summed E-state index contributed by atoms with van der Waals surface area (Å²) >= 11 is 1.95. The maximum Gasteiger partial charge on any atom is 0.326 e. The number of nitrogens with zero attached hydrogens (tertiary/aromatic N) is 1. The fourth-order valence-electron chi connectivity index (χ4n) is 2.50. The molecule has 2 N–H and O–H groups in total. The second-order valence-electron chi connectivity index (χ2n) is 4.70. The Hall–Kier alpha value is -1.36. The summed E-state index contributed by atoms with van der Waals surface area (Å²) in [5, 5.41) is 10.2. The van der Waals surface area contributed by atoms with E-state index in [2.05, 4.69) is 4.98 Å². The fraction of sp³-hybridized carbons (Fsp3) is 0.462. The molecule has 1 aromatic heterocycles. The number of phenols is 1. The molecule has 1 aliphatic rings. The molecule has 0 saturated carbocycles. The number of para-hydroxylation sites is 1. The van der Waals surface area contributed by atoms with E-state index in [9.17, 15) is 9.90 Å². The van der Waals surface area contributed by atoms with Gasteiger partial charge < -0.3 is 10.1 Å². The van der Waals surface area contributed by atoms with Crippen LogP contribution in [0.4, 0.5) is 0 Å². The van der Waals surface area contributed by atoms with Crippen molar-refractivity contribution < 1.29 is 5.11 Å². The third-order valence-corrected chi connectivity index (χ3v) is 4.83. The number of fused-ring (bicyclic) bond motifs is 1. The monoisotopic (exact) mass is 264 g/mol. The van der Waals surface area contributed by atoms with Gasteiger partial charge in [0.15, 0.2) is 0 Å².